The van der Waals surface area contributed by atoms with Gasteiger partial charge >= 0.3 is 5.97 Å². The first-order valence-electron chi connectivity index (χ1n) is 7.06. The highest BCUT2D eigenvalue weighted by Crippen LogP contribution is 2.16. The van der Waals surface area contributed by atoms with Gasteiger partial charge < -0.3 is 10.1 Å². The van der Waals surface area contributed by atoms with Crippen molar-refractivity contribution >= 4 is 29.3 Å². The predicted octanol–water partition coefficient (Wildman–Crippen LogP) is 2.70. The molecule has 0 fully saturated rings. The number of halogens is 1. The Morgan fingerprint density at radius 1 is 1.26 bits per heavy atom. The predicted molar refractivity (Wildman–Crippen MR) is 85.4 cm³/mol. The number of hydrogen-bond acceptors (Lipinski definition) is 5. The first-order chi connectivity index (χ1) is 10.9. The molecule has 23 heavy (non-hydrogen) atoms. The molecule has 1 atom stereocenters. The van der Waals surface area contributed by atoms with Gasteiger partial charge in [-0.25, -0.2) is 14.5 Å². The molecule has 0 saturated heterocycles. The van der Waals surface area contributed by atoms with Gasteiger partial charge in [-0.15, -0.1) is 0 Å². The minimum atomic E-state index is -0.991. The number of rotatable bonds is 5. The summed E-state index contributed by atoms with van der Waals surface area (Å²) in [7, 11) is 0. The number of amides is 1. The third-order valence-electron chi connectivity index (χ3n) is 3.04. The lowest BCUT2D eigenvalue weighted by molar-refractivity contribution is -0.123. The zero-order valence-electron chi connectivity index (χ0n) is 13.0. The van der Waals surface area contributed by atoms with Crippen molar-refractivity contribution in [2.45, 2.75) is 32.9 Å². The number of pyridine rings is 1. The van der Waals surface area contributed by atoms with Gasteiger partial charge in [0, 0.05) is 18.3 Å². The Labute approximate surface area is 138 Å². The third-order valence-corrected chi connectivity index (χ3v) is 3.34. The Balaban J connectivity index is 2.01. The van der Waals surface area contributed by atoms with Crippen molar-refractivity contribution in [1.29, 1.82) is 0 Å². The molecule has 2 heterocycles. The summed E-state index contributed by atoms with van der Waals surface area (Å²) in [5.41, 5.74) is 0.112. The third kappa shape index (κ3) is 4.07. The fraction of sp³-hybridized carbons (Fsp3) is 0.333. The molecular formula is C15H17ClN4O3. The minimum Gasteiger partial charge on any atom is -0.449 e. The molecule has 2 aromatic heterocycles. The molecule has 0 aliphatic heterocycles. The lowest BCUT2D eigenvalue weighted by atomic mass is 10.3. The van der Waals surface area contributed by atoms with Gasteiger partial charge in [-0.3, -0.25) is 4.79 Å². The van der Waals surface area contributed by atoms with Crippen molar-refractivity contribution in [2.75, 3.05) is 5.32 Å². The van der Waals surface area contributed by atoms with Crippen LogP contribution in [0.3, 0.4) is 0 Å². The fourth-order valence-electron chi connectivity index (χ4n) is 1.87. The first kappa shape index (κ1) is 17.0. The fourth-order valence-corrected chi connectivity index (χ4v) is 2.06. The van der Waals surface area contributed by atoms with Crippen LogP contribution < -0.4 is 5.32 Å². The standard InChI is InChI=1S/C15H17ClN4O3/c1-9(2)20-12(6-8-18-20)19-14(21)10(3)23-15(22)11-5-4-7-17-13(11)16/h4-10H,1-3H3,(H,19,21)/t10-/m0/s1. The van der Waals surface area contributed by atoms with Crippen molar-refractivity contribution in [1.82, 2.24) is 14.8 Å². The second-order valence-corrected chi connectivity index (χ2v) is 5.49. The Hall–Kier alpha value is -2.41. The summed E-state index contributed by atoms with van der Waals surface area (Å²) in [6.07, 6.45) is 2.05. The lowest BCUT2D eigenvalue weighted by Gasteiger charge is -2.15. The van der Waals surface area contributed by atoms with Crippen LogP contribution in [0.5, 0.6) is 0 Å². The largest absolute Gasteiger partial charge is 0.449 e. The number of aromatic nitrogens is 3. The normalized spacial score (nSPS) is 12.0. The monoisotopic (exact) mass is 336 g/mol. The van der Waals surface area contributed by atoms with E-state index in [0.717, 1.165) is 0 Å². The molecule has 7 nitrogen and oxygen atoms in total. The van der Waals surface area contributed by atoms with E-state index in [9.17, 15) is 9.59 Å². The van der Waals surface area contributed by atoms with Crippen LogP contribution in [0.15, 0.2) is 30.6 Å². The molecule has 1 N–H and O–H groups in total. The SMILES string of the molecule is CC(C)n1nccc1NC(=O)[C@H](C)OC(=O)c1cccnc1Cl. The van der Waals surface area contributed by atoms with Crippen molar-refractivity contribution in [2.24, 2.45) is 0 Å². The molecule has 1 amide bonds. The lowest BCUT2D eigenvalue weighted by Crippen LogP contribution is -2.31. The Bertz CT molecular complexity index is 714. The zero-order chi connectivity index (χ0) is 17.0. The van der Waals surface area contributed by atoms with E-state index in [2.05, 4.69) is 15.4 Å². The summed E-state index contributed by atoms with van der Waals surface area (Å²) >= 11 is 5.83. The van der Waals surface area contributed by atoms with E-state index in [1.807, 2.05) is 13.8 Å². The van der Waals surface area contributed by atoms with Gasteiger partial charge in [0.25, 0.3) is 5.91 Å². The minimum absolute atomic E-state index is 0.0305. The Morgan fingerprint density at radius 2 is 2.00 bits per heavy atom. The summed E-state index contributed by atoms with van der Waals surface area (Å²) in [5, 5.41) is 6.83. The Kier molecular flexibility index (Phi) is 5.33. The van der Waals surface area contributed by atoms with Crippen LogP contribution >= 0.6 is 11.6 Å². The van der Waals surface area contributed by atoms with Crippen molar-refractivity contribution < 1.29 is 14.3 Å². The van der Waals surface area contributed by atoms with Crippen molar-refractivity contribution in [3.8, 4) is 0 Å². The van der Waals surface area contributed by atoms with Gasteiger partial charge in [-0.1, -0.05) is 11.6 Å². The second kappa shape index (κ2) is 7.23. The molecule has 0 spiro atoms. The first-order valence-corrected chi connectivity index (χ1v) is 7.43. The van der Waals surface area contributed by atoms with E-state index < -0.39 is 18.0 Å². The maximum absolute atomic E-state index is 12.2. The number of carbonyl (C=O) groups excluding carboxylic acids is 2. The van der Waals surface area contributed by atoms with Crippen LogP contribution in [0, 0.1) is 0 Å². The number of nitrogens with zero attached hydrogens (tertiary/aromatic N) is 3. The highest BCUT2D eigenvalue weighted by Gasteiger charge is 2.22. The van der Waals surface area contributed by atoms with Crippen LogP contribution in [0.1, 0.15) is 37.2 Å². The molecule has 122 valence electrons. The highest BCUT2D eigenvalue weighted by molar-refractivity contribution is 6.32. The molecule has 0 radical (unpaired) electrons. The second-order valence-electron chi connectivity index (χ2n) is 5.13. The maximum atomic E-state index is 12.2. The molecule has 0 saturated carbocycles. The van der Waals surface area contributed by atoms with Crippen LogP contribution in [0.4, 0.5) is 5.82 Å². The van der Waals surface area contributed by atoms with E-state index in [-0.39, 0.29) is 16.8 Å². The number of hydrogen-bond donors (Lipinski definition) is 1. The smallest absolute Gasteiger partial charge is 0.342 e. The molecule has 2 rings (SSSR count). The average Bonchev–Trinajstić information content (AvgIpc) is 2.95. The molecule has 0 aromatic carbocycles. The van der Waals surface area contributed by atoms with Crippen LogP contribution in [-0.2, 0) is 9.53 Å². The van der Waals surface area contributed by atoms with Crippen LogP contribution in [-0.4, -0.2) is 32.7 Å². The number of carbonyl (C=O) groups is 2. The van der Waals surface area contributed by atoms with Gasteiger partial charge in [0.15, 0.2) is 6.10 Å². The summed E-state index contributed by atoms with van der Waals surface area (Å²) in [5.74, 6) is -0.629. The van der Waals surface area contributed by atoms with E-state index in [1.54, 1.807) is 23.0 Å². The van der Waals surface area contributed by atoms with Gasteiger partial charge in [0.1, 0.15) is 11.0 Å². The van der Waals surface area contributed by atoms with Gasteiger partial charge in [-0.2, -0.15) is 5.10 Å². The molecule has 0 unspecified atom stereocenters. The molecule has 0 aliphatic carbocycles. The van der Waals surface area contributed by atoms with Crippen molar-refractivity contribution in [3.63, 3.8) is 0 Å². The maximum Gasteiger partial charge on any atom is 0.342 e. The molecular weight excluding hydrogens is 320 g/mol. The zero-order valence-corrected chi connectivity index (χ0v) is 13.7. The van der Waals surface area contributed by atoms with E-state index in [0.29, 0.717) is 5.82 Å². The molecule has 2 aromatic rings. The Morgan fingerprint density at radius 3 is 2.65 bits per heavy atom. The summed E-state index contributed by atoms with van der Waals surface area (Å²) in [4.78, 5) is 28.0. The summed E-state index contributed by atoms with van der Waals surface area (Å²) in [6.45, 7) is 5.36. The van der Waals surface area contributed by atoms with Crippen LogP contribution in [0.25, 0.3) is 0 Å². The number of nitrogens with one attached hydrogen (secondary N) is 1. The molecule has 0 aliphatic rings. The van der Waals surface area contributed by atoms with Gasteiger partial charge in [0.2, 0.25) is 0 Å². The average molecular weight is 337 g/mol. The van der Waals surface area contributed by atoms with E-state index in [1.165, 1.54) is 19.2 Å². The highest BCUT2D eigenvalue weighted by atomic mass is 35.5. The number of ether oxygens (including phenoxy) is 1. The summed E-state index contributed by atoms with van der Waals surface area (Å²) in [6, 6.07) is 4.81. The molecule has 0 bridgehead atoms. The van der Waals surface area contributed by atoms with E-state index in [4.69, 9.17) is 16.3 Å². The number of anilines is 1. The van der Waals surface area contributed by atoms with E-state index >= 15 is 0 Å². The van der Waals surface area contributed by atoms with Gasteiger partial charge in [0.05, 0.1) is 11.8 Å². The van der Waals surface area contributed by atoms with Crippen molar-refractivity contribution in [3.05, 3.63) is 41.3 Å². The topological polar surface area (TPSA) is 86.1 Å². The quantitative estimate of drug-likeness (QED) is 0.670. The summed E-state index contributed by atoms with van der Waals surface area (Å²) < 4.78 is 6.78. The number of esters is 1. The van der Waals surface area contributed by atoms with Crippen LogP contribution in [0.2, 0.25) is 5.15 Å². The molecule has 8 heteroatoms. The van der Waals surface area contributed by atoms with Gasteiger partial charge in [-0.05, 0) is 32.9 Å².